The number of nitrogens with zero attached hydrogens (tertiary/aromatic N) is 3. The summed E-state index contributed by atoms with van der Waals surface area (Å²) in [6, 6.07) is 10.6. The van der Waals surface area contributed by atoms with Crippen molar-refractivity contribution >= 4 is 16.8 Å². The van der Waals surface area contributed by atoms with Crippen molar-refractivity contribution in [3.05, 3.63) is 71.8 Å². The maximum Gasteiger partial charge on any atom is 0.220 e. The van der Waals surface area contributed by atoms with E-state index < -0.39 is 0 Å². The minimum atomic E-state index is -0.352. The third-order valence-electron chi connectivity index (χ3n) is 4.85. The Labute approximate surface area is 165 Å². The molecule has 1 amide bonds. The standard InChI is InChI=1S/C21H19F2N5O/c1-28-12-25-27-19(28)11-24-20(29)9-7-16-17-10-15(23)6-8-18(17)26-21(16)13-2-4-14(22)5-3-13/h2-6,8,10,12,26H,7,9,11H2,1H3,(H,24,29). The first kappa shape index (κ1) is 18.8. The number of rotatable bonds is 6. The van der Waals surface area contributed by atoms with E-state index >= 15 is 0 Å². The van der Waals surface area contributed by atoms with E-state index in [4.69, 9.17) is 0 Å². The van der Waals surface area contributed by atoms with Crippen LogP contribution in [0.5, 0.6) is 0 Å². The Kier molecular flexibility index (Phi) is 5.07. The molecule has 6 nitrogen and oxygen atoms in total. The topological polar surface area (TPSA) is 75.6 Å². The molecule has 0 aliphatic carbocycles. The second-order valence-electron chi connectivity index (χ2n) is 6.81. The Morgan fingerprint density at radius 3 is 2.62 bits per heavy atom. The van der Waals surface area contributed by atoms with Crippen molar-refractivity contribution in [1.82, 2.24) is 25.1 Å². The van der Waals surface area contributed by atoms with Crippen molar-refractivity contribution in [3.63, 3.8) is 0 Å². The van der Waals surface area contributed by atoms with Gasteiger partial charge < -0.3 is 14.9 Å². The van der Waals surface area contributed by atoms with Crippen LogP contribution in [0, 0.1) is 11.6 Å². The number of carbonyl (C=O) groups is 1. The van der Waals surface area contributed by atoms with Gasteiger partial charge in [-0.15, -0.1) is 10.2 Å². The number of halogens is 2. The molecule has 0 spiro atoms. The van der Waals surface area contributed by atoms with Gasteiger partial charge in [0.1, 0.15) is 18.0 Å². The molecule has 0 saturated heterocycles. The van der Waals surface area contributed by atoms with Crippen molar-refractivity contribution in [3.8, 4) is 11.3 Å². The van der Waals surface area contributed by atoms with Gasteiger partial charge >= 0.3 is 0 Å². The lowest BCUT2D eigenvalue weighted by Crippen LogP contribution is -2.24. The SMILES string of the molecule is Cn1cnnc1CNC(=O)CCc1c(-c2ccc(F)cc2)[nH]c2ccc(F)cc12. The van der Waals surface area contributed by atoms with Gasteiger partial charge in [-0.05, 0) is 60.0 Å². The van der Waals surface area contributed by atoms with Gasteiger partial charge in [-0.2, -0.15) is 0 Å². The van der Waals surface area contributed by atoms with Crippen molar-refractivity contribution in [2.24, 2.45) is 7.05 Å². The lowest BCUT2D eigenvalue weighted by atomic mass is 10.0. The zero-order valence-electron chi connectivity index (χ0n) is 15.7. The number of benzene rings is 2. The molecule has 2 N–H and O–H groups in total. The van der Waals surface area contributed by atoms with Crippen LogP contribution in [0.3, 0.4) is 0 Å². The fourth-order valence-corrected chi connectivity index (χ4v) is 3.31. The number of aryl methyl sites for hydroxylation is 2. The molecule has 0 unspecified atom stereocenters. The van der Waals surface area contributed by atoms with Gasteiger partial charge in [0, 0.05) is 30.1 Å². The Hall–Kier alpha value is -3.55. The summed E-state index contributed by atoms with van der Waals surface area (Å²) in [6.45, 7) is 0.280. The molecule has 4 rings (SSSR count). The molecule has 29 heavy (non-hydrogen) atoms. The molecule has 148 valence electrons. The predicted molar refractivity (Wildman–Crippen MR) is 105 cm³/mol. The first-order chi connectivity index (χ1) is 14.0. The number of fused-ring (bicyclic) bond motifs is 1. The zero-order chi connectivity index (χ0) is 20.4. The summed E-state index contributed by atoms with van der Waals surface area (Å²) in [7, 11) is 1.80. The van der Waals surface area contributed by atoms with E-state index in [2.05, 4.69) is 20.5 Å². The number of hydrogen-bond acceptors (Lipinski definition) is 3. The molecule has 0 atom stereocenters. The van der Waals surface area contributed by atoms with Gasteiger partial charge in [0.15, 0.2) is 5.82 Å². The summed E-state index contributed by atoms with van der Waals surface area (Å²) in [5.41, 5.74) is 3.12. The van der Waals surface area contributed by atoms with Crippen LogP contribution in [0.1, 0.15) is 17.8 Å². The average Bonchev–Trinajstić information content (AvgIpc) is 3.28. The highest BCUT2D eigenvalue weighted by Crippen LogP contribution is 2.32. The molecule has 2 aromatic carbocycles. The van der Waals surface area contributed by atoms with Gasteiger partial charge in [-0.25, -0.2) is 8.78 Å². The summed E-state index contributed by atoms with van der Waals surface area (Å²) in [6.07, 6.45) is 2.19. The van der Waals surface area contributed by atoms with Gasteiger partial charge in [0.2, 0.25) is 5.91 Å². The van der Waals surface area contributed by atoms with E-state index in [1.807, 2.05) is 0 Å². The van der Waals surface area contributed by atoms with E-state index in [1.54, 1.807) is 36.1 Å². The van der Waals surface area contributed by atoms with Gasteiger partial charge in [-0.1, -0.05) is 0 Å². The highest BCUT2D eigenvalue weighted by Gasteiger charge is 2.16. The van der Waals surface area contributed by atoms with E-state index in [1.165, 1.54) is 24.3 Å². The fraction of sp³-hybridized carbons (Fsp3) is 0.190. The molecule has 0 fully saturated rings. The van der Waals surface area contributed by atoms with Crippen molar-refractivity contribution in [2.75, 3.05) is 0 Å². The molecule has 2 aromatic heterocycles. The van der Waals surface area contributed by atoms with Crippen LogP contribution in [0.25, 0.3) is 22.2 Å². The third-order valence-corrected chi connectivity index (χ3v) is 4.85. The predicted octanol–water partition coefficient (Wildman–Crippen LogP) is 3.49. The van der Waals surface area contributed by atoms with E-state index in [0.717, 1.165) is 22.3 Å². The van der Waals surface area contributed by atoms with Gasteiger partial charge in [0.05, 0.1) is 6.54 Å². The van der Waals surface area contributed by atoms with Crippen LogP contribution in [-0.2, 0) is 24.8 Å². The number of nitrogens with one attached hydrogen (secondary N) is 2. The summed E-state index contributed by atoms with van der Waals surface area (Å²) in [5, 5.41) is 11.2. The Balaban J connectivity index is 1.57. The number of aromatic nitrogens is 4. The monoisotopic (exact) mass is 395 g/mol. The highest BCUT2D eigenvalue weighted by molar-refractivity contribution is 5.91. The highest BCUT2D eigenvalue weighted by atomic mass is 19.1. The molecule has 2 heterocycles. The second-order valence-corrected chi connectivity index (χ2v) is 6.81. The van der Waals surface area contributed by atoms with Crippen LogP contribution >= 0.6 is 0 Å². The summed E-state index contributed by atoms with van der Waals surface area (Å²) in [4.78, 5) is 15.6. The fourth-order valence-electron chi connectivity index (χ4n) is 3.31. The molecular formula is C21H19F2N5O. The zero-order valence-corrected chi connectivity index (χ0v) is 15.7. The molecular weight excluding hydrogens is 376 g/mol. The maximum absolute atomic E-state index is 13.8. The van der Waals surface area contributed by atoms with Crippen LogP contribution in [0.15, 0.2) is 48.8 Å². The quantitative estimate of drug-likeness (QED) is 0.525. The van der Waals surface area contributed by atoms with Gasteiger partial charge in [0.25, 0.3) is 0 Å². The second kappa shape index (κ2) is 7.83. The average molecular weight is 395 g/mol. The molecule has 0 radical (unpaired) electrons. The van der Waals surface area contributed by atoms with E-state index in [0.29, 0.717) is 17.6 Å². The van der Waals surface area contributed by atoms with Crippen LogP contribution in [0.2, 0.25) is 0 Å². The number of H-pyrrole nitrogens is 1. The molecule has 0 aliphatic heterocycles. The lowest BCUT2D eigenvalue weighted by molar-refractivity contribution is -0.121. The summed E-state index contributed by atoms with van der Waals surface area (Å²) >= 11 is 0. The molecule has 0 bridgehead atoms. The number of aromatic amines is 1. The van der Waals surface area contributed by atoms with E-state index in [-0.39, 0.29) is 30.5 Å². The first-order valence-corrected chi connectivity index (χ1v) is 9.17. The molecule has 8 heteroatoms. The van der Waals surface area contributed by atoms with Crippen LogP contribution in [-0.4, -0.2) is 25.7 Å². The molecule has 0 aliphatic rings. The molecule has 0 saturated carbocycles. The summed E-state index contributed by atoms with van der Waals surface area (Å²) in [5.74, 6) is -0.181. The third kappa shape index (κ3) is 4.01. The van der Waals surface area contributed by atoms with Crippen LogP contribution < -0.4 is 5.32 Å². The molecule has 4 aromatic rings. The minimum absolute atomic E-state index is 0.149. The largest absolute Gasteiger partial charge is 0.354 e. The Bertz CT molecular complexity index is 1160. The van der Waals surface area contributed by atoms with Crippen molar-refractivity contribution < 1.29 is 13.6 Å². The van der Waals surface area contributed by atoms with Crippen molar-refractivity contribution in [1.29, 1.82) is 0 Å². The number of carbonyl (C=O) groups excluding carboxylic acids is 1. The smallest absolute Gasteiger partial charge is 0.220 e. The first-order valence-electron chi connectivity index (χ1n) is 9.17. The number of amides is 1. The summed E-state index contributed by atoms with van der Waals surface area (Å²) < 4.78 is 28.9. The van der Waals surface area contributed by atoms with Crippen LogP contribution in [0.4, 0.5) is 8.78 Å². The minimum Gasteiger partial charge on any atom is -0.354 e. The van der Waals surface area contributed by atoms with E-state index in [9.17, 15) is 13.6 Å². The van der Waals surface area contributed by atoms with Crippen molar-refractivity contribution in [2.45, 2.75) is 19.4 Å². The lowest BCUT2D eigenvalue weighted by Gasteiger charge is -2.07. The normalized spacial score (nSPS) is 11.1. The Morgan fingerprint density at radius 1 is 1.14 bits per heavy atom. The number of hydrogen-bond donors (Lipinski definition) is 2. The van der Waals surface area contributed by atoms with Gasteiger partial charge in [-0.3, -0.25) is 4.79 Å². The maximum atomic E-state index is 13.8. The Morgan fingerprint density at radius 2 is 1.90 bits per heavy atom.